The van der Waals surface area contributed by atoms with E-state index in [0.717, 1.165) is 12.1 Å². The van der Waals surface area contributed by atoms with Gasteiger partial charge in [-0.25, -0.2) is 0 Å². The second kappa shape index (κ2) is 6.23. The van der Waals surface area contributed by atoms with E-state index in [-0.39, 0.29) is 12.1 Å². The van der Waals surface area contributed by atoms with Crippen LogP contribution < -0.4 is 5.32 Å². The molecule has 4 nitrogen and oxygen atoms in total. The van der Waals surface area contributed by atoms with Gasteiger partial charge in [-0.2, -0.15) is 13.2 Å². The highest BCUT2D eigenvalue weighted by Gasteiger charge is 2.32. The Morgan fingerprint density at radius 3 is 2.40 bits per heavy atom. The maximum Gasteiger partial charge on any atom is 0.416 e. The molecule has 0 spiro atoms. The van der Waals surface area contributed by atoms with E-state index < -0.39 is 29.9 Å². The molecule has 112 valence electrons. The number of halogens is 3. The van der Waals surface area contributed by atoms with E-state index >= 15 is 0 Å². The number of aliphatic hydroxyl groups excluding tert-OH is 2. The molecule has 0 bridgehead atoms. The number of hydrogen-bond donors (Lipinski definition) is 3. The van der Waals surface area contributed by atoms with E-state index in [9.17, 15) is 28.2 Å². The third-order valence-corrected chi connectivity index (χ3v) is 2.69. The second-order valence-electron chi connectivity index (χ2n) is 4.58. The SMILES string of the molecule is CC(=O)NCC(O)C(O)c1cc(C)cc(C(F)(F)F)c1. The number of nitrogens with one attached hydrogen (secondary N) is 1. The number of carbonyl (C=O) groups is 1. The smallest absolute Gasteiger partial charge is 0.388 e. The van der Waals surface area contributed by atoms with E-state index in [0.29, 0.717) is 5.56 Å². The van der Waals surface area contributed by atoms with Crippen LogP contribution in [0.15, 0.2) is 18.2 Å². The van der Waals surface area contributed by atoms with Gasteiger partial charge in [0, 0.05) is 13.5 Å². The lowest BCUT2D eigenvalue weighted by atomic mass is 9.99. The van der Waals surface area contributed by atoms with Crippen LogP contribution in [0.5, 0.6) is 0 Å². The van der Waals surface area contributed by atoms with Crippen LogP contribution in [0.25, 0.3) is 0 Å². The van der Waals surface area contributed by atoms with Crippen LogP contribution in [0.3, 0.4) is 0 Å². The van der Waals surface area contributed by atoms with Gasteiger partial charge in [-0.05, 0) is 24.6 Å². The summed E-state index contributed by atoms with van der Waals surface area (Å²) in [5, 5.41) is 21.8. The highest BCUT2D eigenvalue weighted by molar-refractivity contribution is 5.72. The molecule has 2 unspecified atom stereocenters. The minimum absolute atomic E-state index is 0.0461. The quantitative estimate of drug-likeness (QED) is 0.788. The molecule has 0 aliphatic rings. The molecule has 0 aliphatic heterocycles. The molecule has 3 N–H and O–H groups in total. The molecule has 1 aromatic carbocycles. The lowest BCUT2D eigenvalue weighted by molar-refractivity contribution is -0.137. The van der Waals surface area contributed by atoms with Crippen molar-refractivity contribution in [3.05, 3.63) is 34.9 Å². The molecule has 0 saturated carbocycles. The van der Waals surface area contributed by atoms with Crippen LogP contribution in [0.2, 0.25) is 0 Å². The van der Waals surface area contributed by atoms with Crippen molar-refractivity contribution in [2.45, 2.75) is 32.2 Å². The van der Waals surface area contributed by atoms with E-state index in [1.807, 2.05) is 0 Å². The third kappa shape index (κ3) is 4.50. The molecule has 0 fully saturated rings. The predicted octanol–water partition coefficient (Wildman–Crippen LogP) is 1.54. The van der Waals surface area contributed by atoms with Crippen molar-refractivity contribution in [2.75, 3.05) is 6.54 Å². The number of benzene rings is 1. The van der Waals surface area contributed by atoms with Crippen LogP contribution in [-0.2, 0) is 11.0 Å². The van der Waals surface area contributed by atoms with Gasteiger partial charge in [0.25, 0.3) is 0 Å². The molecule has 7 heteroatoms. The number of alkyl halides is 3. The van der Waals surface area contributed by atoms with E-state index in [1.165, 1.54) is 19.9 Å². The highest BCUT2D eigenvalue weighted by atomic mass is 19.4. The fraction of sp³-hybridized carbons (Fsp3) is 0.462. The van der Waals surface area contributed by atoms with Gasteiger partial charge in [0.05, 0.1) is 5.56 Å². The van der Waals surface area contributed by atoms with Gasteiger partial charge in [-0.15, -0.1) is 0 Å². The molecule has 1 aromatic rings. The standard InChI is InChI=1S/C13H16F3NO3/c1-7-3-9(5-10(4-7)13(14,15)16)12(20)11(19)6-17-8(2)18/h3-5,11-12,19-20H,6H2,1-2H3,(H,17,18). The molecule has 2 atom stereocenters. The first-order chi connectivity index (χ1) is 9.11. The maximum atomic E-state index is 12.7. The summed E-state index contributed by atoms with van der Waals surface area (Å²) in [5.41, 5.74) is -0.617. The Labute approximate surface area is 114 Å². The molecular weight excluding hydrogens is 275 g/mol. The Morgan fingerprint density at radius 2 is 1.90 bits per heavy atom. The van der Waals surface area contributed by atoms with Gasteiger partial charge in [0.1, 0.15) is 12.2 Å². The molecule has 1 amide bonds. The zero-order chi connectivity index (χ0) is 15.5. The van der Waals surface area contributed by atoms with Crippen LogP contribution in [0.1, 0.15) is 29.7 Å². The van der Waals surface area contributed by atoms with Crippen LogP contribution in [0.4, 0.5) is 13.2 Å². The van der Waals surface area contributed by atoms with E-state index in [2.05, 4.69) is 5.32 Å². The maximum absolute atomic E-state index is 12.7. The Kier molecular flexibility index (Phi) is 5.13. The van der Waals surface area contributed by atoms with Crippen molar-refractivity contribution >= 4 is 5.91 Å². The lowest BCUT2D eigenvalue weighted by Gasteiger charge is -2.20. The Bertz CT molecular complexity index is 488. The molecule has 0 saturated heterocycles. The Morgan fingerprint density at radius 1 is 1.30 bits per heavy atom. The summed E-state index contributed by atoms with van der Waals surface area (Å²) in [7, 11) is 0. The Hall–Kier alpha value is -1.60. The molecule has 1 rings (SSSR count). The van der Waals surface area contributed by atoms with E-state index in [4.69, 9.17) is 0 Å². The van der Waals surface area contributed by atoms with Gasteiger partial charge in [0.2, 0.25) is 5.91 Å². The number of aryl methyl sites for hydroxylation is 1. The average Bonchev–Trinajstić information content (AvgIpc) is 2.33. The van der Waals surface area contributed by atoms with Gasteiger partial charge >= 0.3 is 6.18 Å². The Balaban J connectivity index is 2.95. The van der Waals surface area contributed by atoms with Crippen molar-refractivity contribution in [3.8, 4) is 0 Å². The first kappa shape index (κ1) is 16.5. The topological polar surface area (TPSA) is 69.6 Å². The summed E-state index contributed by atoms with van der Waals surface area (Å²) in [5.74, 6) is -0.406. The molecule has 20 heavy (non-hydrogen) atoms. The highest BCUT2D eigenvalue weighted by Crippen LogP contribution is 2.32. The van der Waals surface area contributed by atoms with Crippen molar-refractivity contribution in [3.63, 3.8) is 0 Å². The molecule has 0 radical (unpaired) electrons. The molecule has 0 aliphatic carbocycles. The fourth-order valence-electron chi connectivity index (χ4n) is 1.73. The van der Waals surface area contributed by atoms with Crippen molar-refractivity contribution in [1.82, 2.24) is 5.32 Å². The van der Waals surface area contributed by atoms with E-state index in [1.54, 1.807) is 0 Å². The monoisotopic (exact) mass is 291 g/mol. The number of amides is 1. The largest absolute Gasteiger partial charge is 0.416 e. The van der Waals surface area contributed by atoms with Crippen molar-refractivity contribution < 1.29 is 28.2 Å². The third-order valence-electron chi connectivity index (χ3n) is 2.69. The number of rotatable bonds is 4. The normalized spacial score (nSPS) is 14.8. The minimum atomic E-state index is -4.52. The minimum Gasteiger partial charge on any atom is -0.388 e. The number of carbonyl (C=O) groups excluding carboxylic acids is 1. The van der Waals surface area contributed by atoms with Gasteiger partial charge in [-0.3, -0.25) is 4.79 Å². The summed E-state index contributed by atoms with van der Waals surface area (Å²) in [6, 6.07) is 3.10. The summed E-state index contributed by atoms with van der Waals surface area (Å²) in [6.45, 7) is 2.45. The lowest BCUT2D eigenvalue weighted by Crippen LogP contribution is -2.34. The van der Waals surface area contributed by atoms with Gasteiger partial charge in [-0.1, -0.05) is 11.6 Å². The molecule has 0 heterocycles. The zero-order valence-electron chi connectivity index (χ0n) is 11.0. The molecular formula is C13H16F3NO3. The fourth-order valence-corrected chi connectivity index (χ4v) is 1.73. The van der Waals surface area contributed by atoms with Crippen molar-refractivity contribution in [1.29, 1.82) is 0 Å². The predicted molar refractivity (Wildman–Crippen MR) is 65.8 cm³/mol. The summed E-state index contributed by atoms with van der Waals surface area (Å²) < 4.78 is 38.0. The summed E-state index contributed by atoms with van der Waals surface area (Å²) in [4.78, 5) is 10.7. The second-order valence-corrected chi connectivity index (χ2v) is 4.58. The summed E-state index contributed by atoms with van der Waals surface area (Å²) >= 11 is 0. The zero-order valence-corrected chi connectivity index (χ0v) is 11.0. The first-order valence-electron chi connectivity index (χ1n) is 5.90. The van der Waals surface area contributed by atoms with Crippen LogP contribution in [-0.4, -0.2) is 28.8 Å². The van der Waals surface area contributed by atoms with Gasteiger partial charge < -0.3 is 15.5 Å². The summed E-state index contributed by atoms with van der Waals surface area (Å²) in [6.07, 6.45) is -7.42. The number of aliphatic hydroxyl groups is 2. The van der Waals surface area contributed by atoms with Crippen LogP contribution in [0, 0.1) is 6.92 Å². The van der Waals surface area contributed by atoms with Crippen LogP contribution >= 0.6 is 0 Å². The first-order valence-corrected chi connectivity index (χ1v) is 5.90. The van der Waals surface area contributed by atoms with Crippen molar-refractivity contribution in [2.24, 2.45) is 0 Å². The van der Waals surface area contributed by atoms with Gasteiger partial charge in [0.15, 0.2) is 0 Å². The molecule has 0 aromatic heterocycles. The average molecular weight is 291 g/mol. The number of hydrogen-bond acceptors (Lipinski definition) is 3.